The van der Waals surface area contributed by atoms with Crippen molar-refractivity contribution in [3.05, 3.63) is 112 Å². The van der Waals surface area contributed by atoms with E-state index in [1.165, 1.54) is 19.1 Å². The lowest BCUT2D eigenvalue weighted by Crippen LogP contribution is -2.45. The van der Waals surface area contributed by atoms with Gasteiger partial charge in [-0.15, -0.1) is 0 Å². The number of benzene rings is 3. The van der Waals surface area contributed by atoms with Crippen LogP contribution in [0.2, 0.25) is 0 Å². The van der Waals surface area contributed by atoms with Gasteiger partial charge in [0.2, 0.25) is 5.72 Å². The van der Waals surface area contributed by atoms with Gasteiger partial charge in [-0.05, 0) is 35.5 Å². The average molecular weight is 654 g/mol. The lowest BCUT2D eigenvalue weighted by atomic mass is 10.1. The maximum absolute atomic E-state index is 15.4. The summed E-state index contributed by atoms with van der Waals surface area (Å²) in [5.74, 6) is -0.866. The number of nitrogens with two attached hydrogens (primary N) is 1. The van der Waals surface area contributed by atoms with E-state index in [4.69, 9.17) is 24.3 Å². The lowest BCUT2D eigenvalue weighted by molar-refractivity contribution is -0.146. The van der Waals surface area contributed by atoms with Crippen molar-refractivity contribution in [3.63, 3.8) is 0 Å². The van der Waals surface area contributed by atoms with Crippen LogP contribution in [0.25, 0.3) is 21.2 Å². The molecular formula is C29H29FN7O8P. The summed E-state index contributed by atoms with van der Waals surface area (Å²) in [6.45, 7) is 0.237. The van der Waals surface area contributed by atoms with Crippen molar-refractivity contribution in [3.8, 4) is 5.75 Å². The van der Waals surface area contributed by atoms with Gasteiger partial charge in [0.1, 0.15) is 30.3 Å². The number of anilines is 1. The molecule has 240 valence electrons. The zero-order valence-electron chi connectivity index (χ0n) is 24.3. The van der Waals surface area contributed by atoms with Gasteiger partial charge in [0.25, 0.3) is 0 Å². The van der Waals surface area contributed by atoms with Crippen molar-refractivity contribution in [1.82, 2.24) is 14.6 Å². The van der Waals surface area contributed by atoms with Gasteiger partial charge >= 0.3 is 19.4 Å². The summed E-state index contributed by atoms with van der Waals surface area (Å²) in [6.07, 6.45) is -5.30. The van der Waals surface area contributed by atoms with E-state index in [9.17, 15) is 24.8 Å². The Hall–Kier alpha value is -4.82. The van der Waals surface area contributed by atoms with Crippen molar-refractivity contribution >= 4 is 30.3 Å². The summed E-state index contributed by atoms with van der Waals surface area (Å²) in [6, 6.07) is 20.7. The number of esters is 1. The fraction of sp³-hybridized carbons (Fsp3) is 0.276. The molecule has 1 fully saturated rings. The number of carbonyl (C=O) groups is 1. The maximum Gasteiger partial charge on any atom is 0.459 e. The Balaban J connectivity index is 1.43. The third-order valence-electron chi connectivity index (χ3n) is 7.04. The van der Waals surface area contributed by atoms with Crippen molar-refractivity contribution < 1.29 is 37.4 Å². The number of halogens is 1. The van der Waals surface area contributed by atoms with Gasteiger partial charge < -0.3 is 24.8 Å². The number of alkyl halides is 1. The van der Waals surface area contributed by atoms with E-state index < -0.39 is 56.3 Å². The van der Waals surface area contributed by atoms with Crippen molar-refractivity contribution in [2.75, 3.05) is 12.3 Å². The fourth-order valence-corrected chi connectivity index (χ4v) is 6.23. The first-order chi connectivity index (χ1) is 22.0. The Bertz CT molecular complexity index is 1870. The Morgan fingerprint density at radius 1 is 1.22 bits per heavy atom. The summed E-state index contributed by atoms with van der Waals surface area (Å²) < 4.78 is 52.9. The SMILES string of the molecule is C[C@H](NP(=O)(OC[C@@]1(N=[N+]=[N-])O[C@@H](n2ccc(N)nc2=O)[C@H](F)[C@@H]1O)Oc1cccc2ccccc12)C(=O)OCc1ccccc1. The minimum absolute atomic E-state index is 0.0697. The standard InChI is InChI=1S/C29H29FN7O8P/c1-18(27(39)42-16-19-8-3-2-4-9-19)34-46(41,45-22-13-7-11-20-10-5-6-12-21(20)22)43-17-29(35-36-32)25(38)24(30)26(44-29)37-15-14-23(31)33-28(37)40/h2-15,18,24-26,38H,16-17H2,1H3,(H,34,41)(H2,31,33,40)/t18-,24+,25-,26+,29+,46?/m0/s1. The summed E-state index contributed by atoms with van der Waals surface area (Å²) in [5, 5.41) is 18.1. The molecule has 1 aliphatic heterocycles. The van der Waals surface area contributed by atoms with E-state index in [0.717, 1.165) is 11.6 Å². The fourth-order valence-electron chi connectivity index (χ4n) is 4.70. The van der Waals surface area contributed by atoms with Gasteiger partial charge in [-0.1, -0.05) is 71.8 Å². The minimum Gasteiger partial charge on any atom is -0.460 e. The summed E-state index contributed by atoms with van der Waals surface area (Å²) in [4.78, 5) is 31.5. The molecule has 1 saturated heterocycles. The number of azide groups is 1. The molecule has 0 saturated carbocycles. The van der Waals surface area contributed by atoms with Gasteiger partial charge in [0.15, 0.2) is 12.4 Å². The van der Waals surface area contributed by atoms with Crippen molar-refractivity contribution in [2.45, 2.75) is 43.8 Å². The Labute approximate surface area is 260 Å². The Kier molecular flexibility index (Phi) is 9.68. The molecule has 4 N–H and O–H groups in total. The van der Waals surface area contributed by atoms with Crippen LogP contribution in [0.15, 0.2) is 95.0 Å². The molecule has 0 bridgehead atoms. The maximum atomic E-state index is 15.4. The molecule has 3 aromatic carbocycles. The van der Waals surface area contributed by atoms with Crippen LogP contribution in [0.5, 0.6) is 5.75 Å². The summed E-state index contributed by atoms with van der Waals surface area (Å²) >= 11 is 0. The number of carbonyl (C=O) groups excluding carboxylic acids is 1. The van der Waals surface area contributed by atoms with Gasteiger partial charge in [0.05, 0.1) is 6.61 Å². The first kappa shape index (κ1) is 32.6. The number of ether oxygens (including phenoxy) is 2. The van der Waals surface area contributed by atoms with Crippen LogP contribution in [0.4, 0.5) is 10.2 Å². The smallest absolute Gasteiger partial charge is 0.459 e. The highest BCUT2D eigenvalue weighted by atomic mass is 31.2. The molecule has 1 unspecified atom stereocenters. The van der Waals surface area contributed by atoms with Gasteiger partial charge in [-0.25, -0.2) is 13.8 Å². The number of fused-ring (bicyclic) bond motifs is 1. The number of nitrogen functional groups attached to an aromatic ring is 1. The van der Waals surface area contributed by atoms with E-state index in [2.05, 4.69) is 20.1 Å². The molecule has 1 aliphatic rings. The summed E-state index contributed by atoms with van der Waals surface area (Å²) in [5.41, 5.74) is 12.0. The first-order valence-corrected chi connectivity index (χ1v) is 15.4. The second-order valence-electron chi connectivity index (χ2n) is 10.3. The van der Waals surface area contributed by atoms with E-state index >= 15 is 4.39 Å². The zero-order valence-corrected chi connectivity index (χ0v) is 25.1. The topological polar surface area (TPSA) is 213 Å². The molecule has 1 aromatic heterocycles. The number of aliphatic hydroxyl groups is 1. The summed E-state index contributed by atoms with van der Waals surface area (Å²) in [7, 11) is -4.67. The van der Waals surface area contributed by atoms with E-state index in [0.29, 0.717) is 15.5 Å². The van der Waals surface area contributed by atoms with Gasteiger partial charge in [-0.2, -0.15) is 10.1 Å². The molecule has 6 atom stereocenters. The number of nitrogens with zero attached hydrogens (tertiary/aromatic N) is 5. The van der Waals surface area contributed by atoms with Crippen LogP contribution < -0.4 is 21.0 Å². The van der Waals surface area contributed by atoms with E-state index in [1.54, 1.807) is 66.7 Å². The second kappa shape index (κ2) is 13.7. The monoisotopic (exact) mass is 653 g/mol. The average Bonchev–Trinajstić information content (AvgIpc) is 3.29. The first-order valence-electron chi connectivity index (χ1n) is 13.9. The van der Waals surface area contributed by atoms with Gasteiger partial charge in [-0.3, -0.25) is 13.9 Å². The molecule has 15 nitrogen and oxygen atoms in total. The van der Waals surface area contributed by atoms with Gasteiger partial charge in [0, 0.05) is 16.5 Å². The second-order valence-corrected chi connectivity index (χ2v) is 12.0. The predicted octanol–water partition coefficient (Wildman–Crippen LogP) is 4.14. The normalized spacial score (nSPS) is 22.8. The number of rotatable bonds is 12. The highest BCUT2D eigenvalue weighted by Crippen LogP contribution is 2.49. The molecule has 0 aliphatic carbocycles. The van der Waals surface area contributed by atoms with Crippen LogP contribution in [-0.2, 0) is 30.0 Å². The van der Waals surface area contributed by atoms with Crippen LogP contribution in [-0.4, -0.2) is 51.3 Å². The van der Waals surface area contributed by atoms with Crippen molar-refractivity contribution in [2.24, 2.45) is 5.11 Å². The number of hydrogen-bond acceptors (Lipinski definition) is 11. The molecule has 4 aromatic rings. The molecule has 0 amide bonds. The Morgan fingerprint density at radius 3 is 2.67 bits per heavy atom. The third kappa shape index (κ3) is 7.02. The van der Waals surface area contributed by atoms with Crippen molar-refractivity contribution in [1.29, 1.82) is 0 Å². The van der Waals surface area contributed by atoms with Crippen LogP contribution >= 0.6 is 7.75 Å². The number of aromatic nitrogens is 2. The largest absolute Gasteiger partial charge is 0.460 e. The predicted molar refractivity (Wildman–Crippen MR) is 163 cm³/mol. The zero-order chi connectivity index (χ0) is 32.9. The highest BCUT2D eigenvalue weighted by Gasteiger charge is 2.57. The number of aliphatic hydroxyl groups excluding tert-OH is 1. The van der Waals surface area contributed by atoms with E-state index in [1.807, 2.05) is 0 Å². The number of nitrogens with one attached hydrogen (secondary N) is 1. The quantitative estimate of drug-likeness (QED) is 0.0650. The molecule has 5 rings (SSSR count). The number of hydrogen-bond donors (Lipinski definition) is 3. The molecule has 46 heavy (non-hydrogen) atoms. The molecule has 2 heterocycles. The van der Waals surface area contributed by atoms with Crippen LogP contribution in [0.1, 0.15) is 18.7 Å². The Morgan fingerprint density at radius 2 is 1.93 bits per heavy atom. The highest BCUT2D eigenvalue weighted by molar-refractivity contribution is 7.52. The van der Waals surface area contributed by atoms with E-state index in [-0.39, 0.29) is 18.2 Å². The van der Waals surface area contributed by atoms with Crippen LogP contribution in [0, 0.1) is 0 Å². The lowest BCUT2D eigenvalue weighted by Gasteiger charge is -2.29. The minimum atomic E-state index is -4.67. The third-order valence-corrected chi connectivity index (χ3v) is 8.65. The molecule has 0 spiro atoms. The van der Waals surface area contributed by atoms with Crippen LogP contribution in [0.3, 0.4) is 0 Å². The molecular weight excluding hydrogens is 624 g/mol. The molecule has 17 heteroatoms. The molecule has 0 radical (unpaired) electrons.